The van der Waals surface area contributed by atoms with Crippen molar-refractivity contribution in [1.29, 1.82) is 0 Å². The molecule has 18 heavy (non-hydrogen) atoms. The SMILES string of the molecule is Cc1cc(C(=O)Nc2ccc(I)cc2Cl)sc1Br. The summed E-state index contributed by atoms with van der Waals surface area (Å²) in [5, 5.41) is 3.35. The fourth-order valence-corrected chi connectivity index (χ4v) is 3.68. The third-order valence-electron chi connectivity index (χ3n) is 2.26. The van der Waals surface area contributed by atoms with Gasteiger partial charge in [-0.3, -0.25) is 4.79 Å². The van der Waals surface area contributed by atoms with E-state index in [2.05, 4.69) is 43.8 Å². The topological polar surface area (TPSA) is 29.1 Å². The minimum absolute atomic E-state index is 0.142. The lowest BCUT2D eigenvalue weighted by molar-refractivity contribution is 0.103. The van der Waals surface area contributed by atoms with Gasteiger partial charge in [-0.05, 0) is 75.3 Å². The van der Waals surface area contributed by atoms with E-state index in [4.69, 9.17) is 11.6 Å². The first-order valence-electron chi connectivity index (χ1n) is 4.99. The number of benzene rings is 1. The van der Waals surface area contributed by atoms with Gasteiger partial charge in [0.1, 0.15) is 0 Å². The summed E-state index contributed by atoms with van der Waals surface area (Å²) in [6.07, 6.45) is 0. The molecule has 2 rings (SSSR count). The van der Waals surface area contributed by atoms with Crippen molar-refractivity contribution in [3.05, 3.63) is 47.1 Å². The maximum atomic E-state index is 12.0. The maximum absolute atomic E-state index is 12.0. The zero-order valence-electron chi connectivity index (χ0n) is 9.26. The molecule has 2 aromatic rings. The van der Waals surface area contributed by atoms with Crippen LogP contribution in [-0.2, 0) is 0 Å². The average Bonchev–Trinajstić information content (AvgIpc) is 2.63. The van der Waals surface area contributed by atoms with E-state index in [-0.39, 0.29) is 5.91 Å². The number of carbonyl (C=O) groups excluding carboxylic acids is 1. The van der Waals surface area contributed by atoms with E-state index < -0.39 is 0 Å². The van der Waals surface area contributed by atoms with Crippen LogP contribution in [0.5, 0.6) is 0 Å². The molecule has 1 heterocycles. The molecule has 2 nitrogen and oxygen atoms in total. The van der Waals surface area contributed by atoms with E-state index >= 15 is 0 Å². The fourth-order valence-electron chi connectivity index (χ4n) is 1.35. The number of rotatable bonds is 2. The molecule has 0 radical (unpaired) electrons. The highest BCUT2D eigenvalue weighted by Gasteiger charge is 2.12. The van der Waals surface area contributed by atoms with E-state index in [0.717, 1.165) is 12.9 Å². The predicted molar refractivity (Wildman–Crippen MR) is 88.9 cm³/mol. The van der Waals surface area contributed by atoms with Gasteiger partial charge in [0.15, 0.2) is 0 Å². The minimum atomic E-state index is -0.142. The Morgan fingerprint density at radius 1 is 1.44 bits per heavy atom. The lowest BCUT2D eigenvalue weighted by atomic mass is 10.3. The Morgan fingerprint density at radius 2 is 2.17 bits per heavy atom. The smallest absolute Gasteiger partial charge is 0.265 e. The highest BCUT2D eigenvalue weighted by molar-refractivity contribution is 14.1. The second kappa shape index (κ2) is 5.90. The minimum Gasteiger partial charge on any atom is -0.320 e. The van der Waals surface area contributed by atoms with Crippen molar-refractivity contribution in [2.75, 3.05) is 5.32 Å². The molecule has 1 aromatic carbocycles. The summed E-state index contributed by atoms with van der Waals surface area (Å²) in [7, 11) is 0. The first-order chi connectivity index (χ1) is 8.47. The molecule has 0 saturated carbocycles. The highest BCUT2D eigenvalue weighted by Crippen LogP contribution is 2.29. The Morgan fingerprint density at radius 3 is 2.72 bits per heavy atom. The van der Waals surface area contributed by atoms with E-state index in [1.807, 2.05) is 25.1 Å². The van der Waals surface area contributed by atoms with Crippen molar-refractivity contribution in [2.24, 2.45) is 0 Å². The van der Waals surface area contributed by atoms with Gasteiger partial charge in [0.2, 0.25) is 0 Å². The fraction of sp³-hybridized carbons (Fsp3) is 0.0833. The van der Waals surface area contributed by atoms with Crippen molar-refractivity contribution >= 4 is 73.1 Å². The molecule has 0 bridgehead atoms. The monoisotopic (exact) mass is 455 g/mol. The summed E-state index contributed by atoms with van der Waals surface area (Å²) in [6, 6.07) is 7.37. The number of anilines is 1. The van der Waals surface area contributed by atoms with Crippen LogP contribution in [0.4, 0.5) is 5.69 Å². The van der Waals surface area contributed by atoms with E-state index in [0.29, 0.717) is 15.6 Å². The molecule has 1 aromatic heterocycles. The Labute approximate surface area is 136 Å². The van der Waals surface area contributed by atoms with Gasteiger partial charge < -0.3 is 5.32 Å². The van der Waals surface area contributed by atoms with Crippen molar-refractivity contribution in [3.8, 4) is 0 Å². The number of hydrogen-bond donors (Lipinski definition) is 1. The van der Waals surface area contributed by atoms with Crippen LogP contribution in [-0.4, -0.2) is 5.91 Å². The number of carbonyl (C=O) groups is 1. The van der Waals surface area contributed by atoms with Gasteiger partial charge in [0.25, 0.3) is 5.91 Å². The van der Waals surface area contributed by atoms with Crippen molar-refractivity contribution in [2.45, 2.75) is 6.92 Å². The number of halogens is 3. The maximum Gasteiger partial charge on any atom is 0.265 e. The van der Waals surface area contributed by atoms with Crippen LogP contribution >= 0.6 is 61.5 Å². The second-order valence-corrected chi connectivity index (χ2v) is 7.67. The summed E-state index contributed by atoms with van der Waals surface area (Å²) >= 11 is 13.1. The third kappa shape index (κ3) is 3.26. The first kappa shape index (κ1) is 14.3. The van der Waals surface area contributed by atoms with E-state index in [1.165, 1.54) is 11.3 Å². The van der Waals surface area contributed by atoms with Crippen molar-refractivity contribution < 1.29 is 4.79 Å². The van der Waals surface area contributed by atoms with Crippen LogP contribution in [0.15, 0.2) is 28.1 Å². The van der Waals surface area contributed by atoms with Crippen LogP contribution in [0, 0.1) is 10.5 Å². The van der Waals surface area contributed by atoms with Gasteiger partial charge in [0, 0.05) is 3.57 Å². The van der Waals surface area contributed by atoms with Crippen molar-refractivity contribution in [3.63, 3.8) is 0 Å². The number of amides is 1. The average molecular weight is 457 g/mol. The zero-order valence-corrected chi connectivity index (χ0v) is 14.6. The van der Waals surface area contributed by atoms with E-state index in [9.17, 15) is 4.79 Å². The van der Waals surface area contributed by atoms with Crippen LogP contribution in [0.25, 0.3) is 0 Å². The lowest BCUT2D eigenvalue weighted by Crippen LogP contribution is -2.10. The molecule has 0 fully saturated rings. The Kier molecular flexibility index (Phi) is 4.69. The molecule has 0 aliphatic heterocycles. The number of hydrogen-bond acceptors (Lipinski definition) is 2. The standard InChI is InChI=1S/C12H8BrClINOS/c1-6-4-10(18-11(6)13)12(17)16-9-3-2-7(15)5-8(9)14/h2-5H,1H3,(H,16,17). The normalized spacial score (nSPS) is 10.4. The van der Waals surface area contributed by atoms with Crippen LogP contribution in [0.3, 0.4) is 0 Å². The van der Waals surface area contributed by atoms with Gasteiger partial charge in [-0.25, -0.2) is 0 Å². The Balaban J connectivity index is 2.21. The third-order valence-corrected chi connectivity index (χ3v) is 5.38. The number of nitrogens with one attached hydrogen (secondary N) is 1. The number of thiophene rings is 1. The summed E-state index contributed by atoms with van der Waals surface area (Å²) < 4.78 is 2.01. The summed E-state index contributed by atoms with van der Waals surface area (Å²) in [5.74, 6) is -0.142. The lowest BCUT2D eigenvalue weighted by Gasteiger charge is -2.06. The van der Waals surface area contributed by atoms with Gasteiger partial charge in [-0.2, -0.15) is 0 Å². The van der Waals surface area contributed by atoms with E-state index in [1.54, 1.807) is 6.07 Å². The Hall–Kier alpha value is -0.110. The quantitative estimate of drug-likeness (QED) is 0.608. The largest absolute Gasteiger partial charge is 0.320 e. The van der Waals surface area contributed by atoms with Crippen LogP contribution < -0.4 is 5.32 Å². The molecule has 0 spiro atoms. The molecule has 0 saturated heterocycles. The Bertz CT molecular complexity index is 595. The molecule has 1 amide bonds. The van der Waals surface area contributed by atoms with Gasteiger partial charge in [-0.15, -0.1) is 11.3 Å². The molecule has 0 aliphatic carbocycles. The van der Waals surface area contributed by atoms with Gasteiger partial charge in [0.05, 0.1) is 19.4 Å². The molecule has 0 aliphatic rings. The van der Waals surface area contributed by atoms with Gasteiger partial charge in [-0.1, -0.05) is 11.6 Å². The molecular formula is C12H8BrClINOS. The molecule has 94 valence electrons. The zero-order chi connectivity index (χ0) is 13.3. The van der Waals surface area contributed by atoms with Gasteiger partial charge >= 0.3 is 0 Å². The first-order valence-corrected chi connectivity index (χ1v) is 8.06. The molecule has 6 heteroatoms. The summed E-state index contributed by atoms with van der Waals surface area (Å²) in [4.78, 5) is 12.7. The highest BCUT2D eigenvalue weighted by atomic mass is 127. The molecule has 1 N–H and O–H groups in total. The van der Waals surface area contributed by atoms with Crippen molar-refractivity contribution in [1.82, 2.24) is 0 Å². The summed E-state index contributed by atoms with van der Waals surface area (Å²) in [5.41, 5.74) is 1.68. The number of aryl methyl sites for hydroxylation is 1. The molecule has 0 unspecified atom stereocenters. The predicted octanol–water partition coefficient (Wildman–Crippen LogP) is 5.33. The summed E-state index contributed by atoms with van der Waals surface area (Å²) in [6.45, 7) is 1.95. The molecular weight excluding hydrogens is 448 g/mol. The van der Waals surface area contributed by atoms with Crippen LogP contribution in [0.1, 0.15) is 15.2 Å². The van der Waals surface area contributed by atoms with Crippen LogP contribution in [0.2, 0.25) is 5.02 Å². The second-order valence-electron chi connectivity index (χ2n) is 3.65. The molecule has 0 atom stereocenters.